The Morgan fingerprint density at radius 3 is 2.33 bits per heavy atom. The SMILES string of the molecule is CC(C(=O)O)C(O)Cc1ccc(-c2ccccc2Cl)cc1. The highest BCUT2D eigenvalue weighted by atomic mass is 35.5. The van der Waals surface area contributed by atoms with Crippen LogP contribution in [0.2, 0.25) is 5.02 Å². The zero-order valence-corrected chi connectivity index (χ0v) is 12.4. The van der Waals surface area contributed by atoms with Gasteiger partial charge in [0.15, 0.2) is 0 Å². The van der Waals surface area contributed by atoms with Crippen LogP contribution in [0, 0.1) is 5.92 Å². The number of aliphatic carboxylic acids is 1. The van der Waals surface area contributed by atoms with Crippen LogP contribution in [0.25, 0.3) is 11.1 Å². The number of halogens is 1. The van der Waals surface area contributed by atoms with Gasteiger partial charge in [-0.05, 0) is 30.5 Å². The molecule has 0 aliphatic heterocycles. The third-order valence-corrected chi connectivity index (χ3v) is 3.88. The molecule has 21 heavy (non-hydrogen) atoms. The Labute approximate surface area is 128 Å². The number of benzene rings is 2. The minimum absolute atomic E-state index is 0.316. The van der Waals surface area contributed by atoms with Crippen molar-refractivity contribution in [3.8, 4) is 11.1 Å². The Morgan fingerprint density at radius 1 is 1.14 bits per heavy atom. The lowest BCUT2D eigenvalue weighted by Crippen LogP contribution is -2.27. The number of hydrogen-bond donors (Lipinski definition) is 2. The molecule has 0 saturated carbocycles. The van der Waals surface area contributed by atoms with Gasteiger partial charge in [-0.15, -0.1) is 0 Å². The summed E-state index contributed by atoms with van der Waals surface area (Å²) in [5.74, 6) is -1.77. The monoisotopic (exact) mass is 304 g/mol. The third-order valence-electron chi connectivity index (χ3n) is 3.55. The second-order valence-electron chi connectivity index (χ2n) is 5.08. The summed E-state index contributed by atoms with van der Waals surface area (Å²) in [6.07, 6.45) is -0.579. The molecule has 2 aromatic carbocycles. The van der Waals surface area contributed by atoms with E-state index < -0.39 is 18.0 Å². The second kappa shape index (κ2) is 6.74. The fourth-order valence-electron chi connectivity index (χ4n) is 2.10. The van der Waals surface area contributed by atoms with Crippen LogP contribution in [-0.4, -0.2) is 22.3 Å². The first-order valence-corrected chi connectivity index (χ1v) is 7.11. The van der Waals surface area contributed by atoms with Crippen LogP contribution >= 0.6 is 11.6 Å². The molecule has 3 nitrogen and oxygen atoms in total. The average Bonchev–Trinajstić information content (AvgIpc) is 2.47. The van der Waals surface area contributed by atoms with E-state index in [-0.39, 0.29) is 0 Å². The minimum Gasteiger partial charge on any atom is -0.481 e. The number of rotatable bonds is 5. The molecule has 2 atom stereocenters. The van der Waals surface area contributed by atoms with Gasteiger partial charge >= 0.3 is 5.97 Å². The lowest BCUT2D eigenvalue weighted by molar-refractivity contribution is -0.144. The predicted molar refractivity (Wildman–Crippen MR) is 83.4 cm³/mol. The predicted octanol–water partition coefficient (Wildman–Crippen LogP) is 3.63. The first-order chi connectivity index (χ1) is 9.99. The van der Waals surface area contributed by atoms with Crippen LogP contribution < -0.4 is 0 Å². The molecule has 2 N–H and O–H groups in total. The third kappa shape index (κ3) is 3.84. The van der Waals surface area contributed by atoms with Gasteiger partial charge in [0.1, 0.15) is 0 Å². The zero-order chi connectivity index (χ0) is 15.4. The molecule has 4 heteroatoms. The smallest absolute Gasteiger partial charge is 0.308 e. The normalized spacial score (nSPS) is 13.7. The van der Waals surface area contributed by atoms with Crippen LogP contribution in [-0.2, 0) is 11.2 Å². The summed E-state index contributed by atoms with van der Waals surface area (Å²) in [4.78, 5) is 10.8. The Bertz CT molecular complexity index is 622. The van der Waals surface area contributed by atoms with E-state index >= 15 is 0 Å². The molecule has 110 valence electrons. The van der Waals surface area contributed by atoms with Crippen LogP contribution in [0.4, 0.5) is 0 Å². The molecule has 0 aliphatic carbocycles. The summed E-state index contributed by atoms with van der Waals surface area (Å²) in [6, 6.07) is 15.2. The van der Waals surface area contributed by atoms with Crippen LogP contribution in [0.3, 0.4) is 0 Å². The van der Waals surface area contributed by atoms with Gasteiger partial charge in [0.2, 0.25) is 0 Å². The molecular weight excluding hydrogens is 288 g/mol. The lowest BCUT2D eigenvalue weighted by Gasteiger charge is -2.15. The largest absolute Gasteiger partial charge is 0.481 e. The van der Waals surface area contributed by atoms with E-state index in [1.807, 2.05) is 48.5 Å². The molecule has 0 aliphatic rings. The van der Waals surface area contributed by atoms with Crippen LogP contribution in [0.1, 0.15) is 12.5 Å². The lowest BCUT2D eigenvalue weighted by atomic mass is 9.96. The summed E-state index contributed by atoms with van der Waals surface area (Å²) < 4.78 is 0. The molecule has 0 saturated heterocycles. The van der Waals surface area contributed by atoms with E-state index in [1.54, 1.807) is 0 Å². The molecule has 0 fully saturated rings. The van der Waals surface area contributed by atoms with E-state index in [0.29, 0.717) is 11.4 Å². The van der Waals surface area contributed by atoms with E-state index in [4.69, 9.17) is 16.7 Å². The maximum absolute atomic E-state index is 10.8. The summed E-state index contributed by atoms with van der Waals surface area (Å²) in [5.41, 5.74) is 2.83. The van der Waals surface area contributed by atoms with Crippen LogP contribution in [0.15, 0.2) is 48.5 Å². The molecule has 0 radical (unpaired) electrons. The number of carboxylic acid groups (broad SMARTS) is 1. The van der Waals surface area contributed by atoms with Crippen molar-refractivity contribution < 1.29 is 15.0 Å². The highest BCUT2D eigenvalue weighted by molar-refractivity contribution is 6.33. The molecule has 2 rings (SSSR count). The van der Waals surface area contributed by atoms with Crippen molar-refractivity contribution in [2.75, 3.05) is 0 Å². The Balaban J connectivity index is 2.13. The summed E-state index contributed by atoms with van der Waals surface area (Å²) in [6.45, 7) is 1.51. The summed E-state index contributed by atoms with van der Waals surface area (Å²) >= 11 is 6.15. The van der Waals surface area contributed by atoms with Crippen molar-refractivity contribution in [1.82, 2.24) is 0 Å². The maximum atomic E-state index is 10.8. The standard InChI is InChI=1S/C17H17ClO3/c1-11(17(20)21)16(19)10-12-6-8-13(9-7-12)14-4-2-3-5-15(14)18/h2-9,11,16,19H,10H2,1H3,(H,20,21). The first-order valence-electron chi connectivity index (χ1n) is 6.73. The van der Waals surface area contributed by atoms with Crippen LogP contribution in [0.5, 0.6) is 0 Å². The van der Waals surface area contributed by atoms with Gasteiger partial charge in [0, 0.05) is 10.6 Å². The van der Waals surface area contributed by atoms with Crippen molar-refractivity contribution in [2.24, 2.45) is 5.92 Å². The number of hydrogen-bond acceptors (Lipinski definition) is 2. The molecule has 2 aromatic rings. The van der Waals surface area contributed by atoms with Gasteiger partial charge in [-0.25, -0.2) is 0 Å². The highest BCUT2D eigenvalue weighted by Crippen LogP contribution is 2.27. The fourth-order valence-corrected chi connectivity index (χ4v) is 2.34. The van der Waals surface area contributed by atoms with E-state index in [2.05, 4.69) is 0 Å². The Morgan fingerprint density at radius 2 is 1.76 bits per heavy atom. The minimum atomic E-state index is -0.991. The van der Waals surface area contributed by atoms with E-state index in [1.165, 1.54) is 6.92 Å². The second-order valence-corrected chi connectivity index (χ2v) is 5.48. The average molecular weight is 305 g/mol. The number of carbonyl (C=O) groups is 1. The summed E-state index contributed by atoms with van der Waals surface area (Å²) in [7, 11) is 0. The van der Waals surface area contributed by atoms with Crippen molar-refractivity contribution >= 4 is 17.6 Å². The fraction of sp³-hybridized carbons (Fsp3) is 0.235. The molecular formula is C17H17ClO3. The maximum Gasteiger partial charge on any atom is 0.308 e. The number of aliphatic hydroxyl groups is 1. The topological polar surface area (TPSA) is 57.5 Å². The van der Waals surface area contributed by atoms with E-state index in [9.17, 15) is 9.90 Å². The molecule has 2 unspecified atom stereocenters. The Hall–Kier alpha value is -1.84. The Kier molecular flexibility index (Phi) is 4.99. The van der Waals surface area contributed by atoms with E-state index in [0.717, 1.165) is 16.7 Å². The first kappa shape index (κ1) is 15.5. The van der Waals surface area contributed by atoms with Crippen molar-refractivity contribution in [3.05, 3.63) is 59.1 Å². The van der Waals surface area contributed by atoms with Gasteiger partial charge < -0.3 is 10.2 Å². The number of aliphatic hydroxyl groups excluding tert-OH is 1. The molecule has 0 spiro atoms. The molecule has 0 aromatic heterocycles. The highest BCUT2D eigenvalue weighted by Gasteiger charge is 2.21. The summed E-state index contributed by atoms with van der Waals surface area (Å²) in [5, 5.41) is 19.4. The van der Waals surface area contributed by atoms with Gasteiger partial charge in [-0.2, -0.15) is 0 Å². The van der Waals surface area contributed by atoms with Gasteiger partial charge in [-0.1, -0.05) is 54.1 Å². The van der Waals surface area contributed by atoms with Gasteiger partial charge in [0.25, 0.3) is 0 Å². The number of carboxylic acids is 1. The van der Waals surface area contributed by atoms with Crippen molar-refractivity contribution in [2.45, 2.75) is 19.4 Å². The van der Waals surface area contributed by atoms with Crippen molar-refractivity contribution in [1.29, 1.82) is 0 Å². The molecule has 0 heterocycles. The zero-order valence-electron chi connectivity index (χ0n) is 11.7. The van der Waals surface area contributed by atoms with Crippen molar-refractivity contribution in [3.63, 3.8) is 0 Å². The molecule has 0 amide bonds. The quantitative estimate of drug-likeness (QED) is 0.887. The van der Waals surface area contributed by atoms with Gasteiger partial charge in [0.05, 0.1) is 12.0 Å². The molecule has 0 bridgehead atoms. The van der Waals surface area contributed by atoms with Gasteiger partial charge in [-0.3, -0.25) is 4.79 Å².